The van der Waals surface area contributed by atoms with Crippen LogP contribution in [0.4, 0.5) is 0 Å². The van der Waals surface area contributed by atoms with E-state index in [1.54, 1.807) is 19.1 Å². The van der Waals surface area contributed by atoms with E-state index in [2.05, 4.69) is 0 Å². The number of phenolic OH excluding ortho intramolecular Hbond substituents is 1. The van der Waals surface area contributed by atoms with Crippen molar-refractivity contribution >= 4 is 5.78 Å². The number of hydrogen-bond acceptors (Lipinski definition) is 2. The van der Waals surface area contributed by atoms with Gasteiger partial charge in [0, 0.05) is 6.42 Å². The third kappa shape index (κ3) is 6.77. The van der Waals surface area contributed by atoms with Crippen molar-refractivity contribution in [2.75, 3.05) is 0 Å². The largest absolute Gasteiger partial charge is 0.508 e. The number of Topliss-reactive ketones (excluding diaryl/α,β-unsaturated/α-hetero) is 1. The highest BCUT2D eigenvalue weighted by Gasteiger charge is 1.96. The maximum absolute atomic E-state index is 10.7. The van der Waals surface area contributed by atoms with E-state index in [1.807, 2.05) is 12.1 Å². The van der Waals surface area contributed by atoms with Crippen LogP contribution in [0.2, 0.25) is 0 Å². The van der Waals surface area contributed by atoms with Crippen LogP contribution in [0.1, 0.15) is 51.0 Å². The Hall–Kier alpha value is -1.31. The Balaban J connectivity index is 2.01. The highest BCUT2D eigenvalue weighted by atomic mass is 16.3. The molecule has 0 spiro atoms. The minimum Gasteiger partial charge on any atom is -0.508 e. The van der Waals surface area contributed by atoms with Crippen molar-refractivity contribution in [2.45, 2.75) is 51.9 Å². The van der Waals surface area contributed by atoms with Gasteiger partial charge in [-0.2, -0.15) is 0 Å². The summed E-state index contributed by atoms with van der Waals surface area (Å²) in [6, 6.07) is 7.43. The van der Waals surface area contributed by atoms with Gasteiger partial charge in [0.1, 0.15) is 11.5 Å². The lowest BCUT2D eigenvalue weighted by Gasteiger charge is -2.02. The van der Waals surface area contributed by atoms with E-state index in [-0.39, 0.29) is 0 Å². The van der Waals surface area contributed by atoms with Crippen molar-refractivity contribution < 1.29 is 9.90 Å². The van der Waals surface area contributed by atoms with Gasteiger partial charge >= 0.3 is 0 Å². The molecule has 0 bridgehead atoms. The lowest BCUT2D eigenvalue weighted by molar-refractivity contribution is -0.117. The first-order valence-electron chi connectivity index (χ1n) is 6.46. The summed E-state index contributed by atoms with van der Waals surface area (Å²) in [6.07, 6.45) is 7.63. The third-order valence-electron chi connectivity index (χ3n) is 2.93. The van der Waals surface area contributed by atoms with E-state index in [9.17, 15) is 4.79 Å². The van der Waals surface area contributed by atoms with E-state index >= 15 is 0 Å². The first-order chi connectivity index (χ1) is 8.18. The predicted octanol–water partition coefficient (Wildman–Crippen LogP) is 3.86. The summed E-state index contributed by atoms with van der Waals surface area (Å²) < 4.78 is 0. The van der Waals surface area contributed by atoms with Crippen LogP contribution in [-0.4, -0.2) is 10.9 Å². The van der Waals surface area contributed by atoms with Crippen LogP contribution in [0, 0.1) is 0 Å². The Morgan fingerprint density at radius 2 is 1.59 bits per heavy atom. The molecule has 0 saturated heterocycles. The molecule has 0 aromatic heterocycles. The van der Waals surface area contributed by atoms with Gasteiger partial charge in [0.15, 0.2) is 0 Å². The number of aryl methyl sites for hydroxylation is 1. The van der Waals surface area contributed by atoms with Gasteiger partial charge in [-0.1, -0.05) is 31.4 Å². The molecule has 2 heteroatoms. The highest BCUT2D eigenvalue weighted by Crippen LogP contribution is 2.13. The van der Waals surface area contributed by atoms with E-state index in [0.717, 1.165) is 25.7 Å². The molecular formula is C15H22O2. The number of phenols is 1. The molecule has 1 aromatic carbocycles. The van der Waals surface area contributed by atoms with Crippen molar-refractivity contribution in [3.05, 3.63) is 29.8 Å². The Bertz CT molecular complexity index is 327. The van der Waals surface area contributed by atoms with E-state index in [1.165, 1.54) is 24.8 Å². The second kappa shape index (κ2) is 7.88. The van der Waals surface area contributed by atoms with Crippen LogP contribution in [0.25, 0.3) is 0 Å². The summed E-state index contributed by atoms with van der Waals surface area (Å²) in [6.45, 7) is 1.66. The van der Waals surface area contributed by atoms with Gasteiger partial charge in [-0.25, -0.2) is 0 Å². The van der Waals surface area contributed by atoms with E-state index in [4.69, 9.17) is 5.11 Å². The van der Waals surface area contributed by atoms with Crippen LogP contribution in [0.15, 0.2) is 24.3 Å². The van der Waals surface area contributed by atoms with E-state index < -0.39 is 0 Å². The number of rotatable bonds is 8. The summed E-state index contributed by atoms with van der Waals surface area (Å²) in [7, 11) is 0. The fourth-order valence-corrected chi connectivity index (χ4v) is 1.90. The van der Waals surface area contributed by atoms with Gasteiger partial charge < -0.3 is 9.90 Å². The standard InChI is InChI=1S/C15H22O2/c1-13(16)7-5-3-2-4-6-8-14-9-11-15(17)12-10-14/h9-12,17H,2-8H2,1H3. The maximum Gasteiger partial charge on any atom is 0.129 e. The molecule has 1 N–H and O–H groups in total. The number of hydrogen-bond donors (Lipinski definition) is 1. The summed E-state index contributed by atoms with van der Waals surface area (Å²) in [5.41, 5.74) is 1.28. The smallest absolute Gasteiger partial charge is 0.129 e. The molecule has 17 heavy (non-hydrogen) atoms. The SMILES string of the molecule is CC(=O)CCCCCCCc1ccc(O)cc1. The quantitative estimate of drug-likeness (QED) is 0.693. The minimum absolute atomic E-state index is 0.300. The van der Waals surface area contributed by atoms with Crippen LogP contribution >= 0.6 is 0 Å². The van der Waals surface area contributed by atoms with Crippen LogP contribution in [0.5, 0.6) is 5.75 Å². The normalized spacial score (nSPS) is 10.4. The molecule has 0 aliphatic heterocycles. The zero-order valence-electron chi connectivity index (χ0n) is 10.6. The van der Waals surface area contributed by atoms with Crippen LogP contribution < -0.4 is 0 Å². The third-order valence-corrected chi connectivity index (χ3v) is 2.93. The Morgan fingerprint density at radius 1 is 1.00 bits per heavy atom. The number of carbonyl (C=O) groups is 1. The van der Waals surface area contributed by atoms with Gasteiger partial charge in [-0.15, -0.1) is 0 Å². The molecule has 0 heterocycles. The topological polar surface area (TPSA) is 37.3 Å². The molecular weight excluding hydrogens is 212 g/mol. The Kier molecular flexibility index (Phi) is 6.38. The molecule has 0 unspecified atom stereocenters. The number of carbonyl (C=O) groups excluding carboxylic acids is 1. The van der Waals surface area contributed by atoms with Crippen LogP contribution in [0.3, 0.4) is 0 Å². The number of unbranched alkanes of at least 4 members (excludes halogenated alkanes) is 4. The first-order valence-corrected chi connectivity index (χ1v) is 6.46. The number of benzene rings is 1. The molecule has 0 amide bonds. The molecule has 94 valence electrons. The maximum atomic E-state index is 10.7. The number of aromatic hydroxyl groups is 1. The second-order valence-electron chi connectivity index (χ2n) is 4.64. The summed E-state index contributed by atoms with van der Waals surface area (Å²) in [4.78, 5) is 10.7. The van der Waals surface area contributed by atoms with E-state index in [0.29, 0.717) is 11.5 Å². The molecule has 0 aliphatic rings. The van der Waals surface area contributed by atoms with Crippen molar-refractivity contribution in [1.82, 2.24) is 0 Å². The molecule has 0 fully saturated rings. The lowest BCUT2D eigenvalue weighted by Crippen LogP contribution is -1.90. The second-order valence-corrected chi connectivity index (χ2v) is 4.64. The summed E-state index contributed by atoms with van der Waals surface area (Å²) >= 11 is 0. The van der Waals surface area contributed by atoms with Gasteiger partial charge in [0.05, 0.1) is 0 Å². The van der Waals surface area contributed by atoms with Gasteiger partial charge in [-0.3, -0.25) is 0 Å². The zero-order chi connectivity index (χ0) is 12.5. The average Bonchev–Trinajstić information content (AvgIpc) is 2.30. The summed E-state index contributed by atoms with van der Waals surface area (Å²) in [5, 5.41) is 9.14. The number of ketones is 1. The Labute approximate surface area is 104 Å². The van der Waals surface area contributed by atoms with Crippen molar-refractivity contribution in [3.63, 3.8) is 0 Å². The monoisotopic (exact) mass is 234 g/mol. The highest BCUT2D eigenvalue weighted by molar-refractivity contribution is 5.75. The average molecular weight is 234 g/mol. The molecule has 2 nitrogen and oxygen atoms in total. The molecule has 0 saturated carbocycles. The molecule has 0 radical (unpaired) electrons. The first kappa shape index (κ1) is 13.8. The van der Waals surface area contributed by atoms with Crippen molar-refractivity contribution in [3.8, 4) is 5.75 Å². The fraction of sp³-hybridized carbons (Fsp3) is 0.533. The molecule has 1 aromatic rings. The Morgan fingerprint density at radius 3 is 2.24 bits per heavy atom. The lowest BCUT2D eigenvalue weighted by atomic mass is 10.0. The van der Waals surface area contributed by atoms with Gasteiger partial charge in [0.2, 0.25) is 0 Å². The predicted molar refractivity (Wildman–Crippen MR) is 70.2 cm³/mol. The minimum atomic E-state index is 0.300. The van der Waals surface area contributed by atoms with Gasteiger partial charge in [0.25, 0.3) is 0 Å². The molecule has 0 atom stereocenters. The zero-order valence-corrected chi connectivity index (χ0v) is 10.6. The fourth-order valence-electron chi connectivity index (χ4n) is 1.90. The van der Waals surface area contributed by atoms with Crippen molar-refractivity contribution in [1.29, 1.82) is 0 Å². The van der Waals surface area contributed by atoms with Crippen molar-refractivity contribution in [2.24, 2.45) is 0 Å². The van der Waals surface area contributed by atoms with Crippen LogP contribution in [-0.2, 0) is 11.2 Å². The molecule has 0 aliphatic carbocycles. The molecule has 1 rings (SSSR count). The summed E-state index contributed by atoms with van der Waals surface area (Å²) in [5.74, 6) is 0.632. The van der Waals surface area contributed by atoms with Gasteiger partial charge in [-0.05, 0) is 43.9 Å².